The summed E-state index contributed by atoms with van der Waals surface area (Å²) < 4.78 is 10.8. The zero-order valence-electron chi connectivity index (χ0n) is 12.7. The molecule has 0 spiro atoms. The van der Waals surface area contributed by atoms with Crippen molar-refractivity contribution in [1.82, 2.24) is 4.98 Å². The second-order valence-electron chi connectivity index (χ2n) is 4.27. The Morgan fingerprint density at radius 2 is 1.86 bits per heavy atom. The van der Waals surface area contributed by atoms with Gasteiger partial charge < -0.3 is 25.3 Å². The average molecular weight is 296 g/mol. The number of hydrogen-bond acceptors (Lipinski definition) is 6. The number of amidine groups is 1. The van der Waals surface area contributed by atoms with Gasteiger partial charge in [-0.05, 0) is 26.0 Å². The van der Waals surface area contributed by atoms with Crippen LogP contribution in [0.25, 0.3) is 0 Å². The van der Waals surface area contributed by atoms with Crippen molar-refractivity contribution in [3.8, 4) is 0 Å². The summed E-state index contributed by atoms with van der Waals surface area (Å²) in [5.41, 5.74) is 6.10. The molecule has 0 aliphatic rings. The highest BCUT2D eigenvalue weighted by Gasteiger charge is 2.09. The number of anilines is 1. The lowest BCUT2D eigenvalue weighted by Gasteiger charge is -2.23. The molecule has 0 aliphatic heterocycles. The van der Waals surface area contributed by atoms with Gasteiger partial charge in [0.05, 0.1) is 13.2 Å². The second-order valence-corrected chi connectivity index (χ2v) is 4.27. The molecule has 1 aromatic heterocycles. The number of hydrogen-bond donors (Lipinski definition) is 2. The molecule has 0 aromatic carbocycles. The summed E-state index contributed by atoms with van der Waals surface area (Å²) in [5, 5.41) is 11.6. The van der Waals surface area contributed by atoms with E-state index in [-0.39, 0.29) is 5.84 Å². The van der Waals surface area contributed by atoms with Crippen molar-refractivity contribution in [2.24, 2.45) is 10.9 Å². The highest BCUT2D eigenvalue weighted by molar-refractivity contribution is 5.96. The highest BCUT2D eigenvalue weighted by Crippen LogP contribution is 2.11. The van der Waals surface area contributed by atoms with Crippen LogP contribution in [0.2, 0.25) is 0 Å². The van der Waals surface area contributed by atoms with Crippen LogP contribution in [-0.2, 0) is 9.47 Å². The molecule has 0 fully saturated rings. The maximum atomic E-state index is 8.64. The standard InChI is InChI=1S/C14H24N4O3/c1-3-20-9-7-18(8-10-21-4-2)13-6-5-12(11-16-13)14(15)17-19/h5-6,11,19H,3-4,7-10H2,1-2H3,(H2,15,17). The molecule has 21 heavy (non-hydrogen) atoms. The van der Waals surface area contributed by atoms with Crippen molar-refractivity contribution >= 4 is 11.7 Å². The molecule has 0 bridgehead atoms. The summed E-state index contributed by atoms with van der Waals surface area (Å²) in [7, 11) is 0. The van der Waals surface area contributed by atoms with Crippen molar-refractivity contribution in [3.63, 3.8) is 0 Å². The monoisotopic (exact) mass is 296 g/mol. The molecule has 1 rings (SSSR count). The lowest BCUT2D eigenvalue weighted by atomic mass is 10.2. The van der Waals surface area contributed by atoms with Gasteiger partial charge in [-0.3, -0.25) is 0 Å². The molecule has 0 amide bonds. The van der Waals surface area contributed by atoms with E-state index >= 15 is 0 Å². The normalized spacial score (nSPS) is 11.6. The van der Waals surface area contributed by atoms with Crippen LogP contribution < -0.4 is 10.6 Å². The smallest absolute Gasteiger partial charge is 0.171 e. The summed E-state index contributed by atoms with van der Waals surface area (Å²) in [4.78, 5) is 6.43. The molecule has 7 nitrogen and oxygen atoms in total. The van der Waals surface area contributed by atoms with Crippen molar-refractivity contribution < 1.29 is 14.7 Å². The number of nitrogens with zero attached hydrogens (tertiary/aromatic N) is 3. The molecular formula is C14H24N4O3. The largest absolute Gasteiger partial charge is 0.409 e. The Morgan fingerprint density at radius 1 is 1.24 bits per heavy atom. The minimum absolute atomic E-state index is 0.0456. The zero-order chi connectivity index (χ0) is 15.5. The first-order valence-corrected chi connectivity index (χ1v) is 7.07. The van der Waals surface area contributed by atoms with E-state index in [4.69, 9.17) is 20.4 Å². The molecule has 0 aliphatic carbocycles. The molecule has 0 atom stereocenters. The fourth-order valence-electron chi connectivity index (χ4n) is 1.76. The summed E-state index contributed by atoms with van der Waals surface area (Å²) in [6.07, 6.45) is 1.58. The predicted octanol–water partition coefficient (Wildman–Crippen LogP) is 1.06. The van der Waals surface area contributed by atoms with Gasteiger partial charge >= 0.3 is 0 Å². The van der Waals surface area contributed by atoms with Crippen LogP contribution in [0.3, 0.4) is 0 Å². The first kappa shape index (κ1) is 17.2. The average Bonchev–Trinajstić information content (AvgIpc) is 2.53. The van der Waals surface area contributed by atoms with E-state index in [1.807, 2.05) is 19.9 Å². The number of nitrogens with two attached hydrogens (primary N) is 1. The second kappa shape index (κ2) is 9.95. The Kier molecular flexibility index (Phi) is 8.15. The van der Waals surface area contributed by atoms with Crippen molar-refractivity contribution in [2.45, 2.75) is 13.8 Å². The van der Waals surface area contributed by atoms with Crippen LogP contribution in [0.4, 0.5) is 5.82 Å². The fourth-order valence-corrected chi connectivity index (χ4v) is 1.76. The predicted molar refractivity (Wildman–Crippen MR) is 81.9 cm³/mol. The minimum Gasteiger partial charge on any atom is -0.409 e. The number of aromatic nitrogens is 1. The molecule has 0 radical (unpaired) electrons. The fraction of sp³-hybridized carbons (Fsp3) is 0.571. The van der Waals surface area contributed by atoms with Crippen molar-refractivity contribution in [3.05, 3.63) is 23.9 Å². The van der Waals surface area contributed by atoms with E-state index in [0.717, 1.165) is 18.9 Å². The highest BCUT2D eigenvalue weighted by atomic mass is 16.5. The molecule has 0 unspecified atom stereocenters. The Balaban J connectivity index is 2.71. The topological polar surface area (TPSA) is 93.2 Å². The minimum atomic E-state index is 0.0456. The van der Waals surface area contributed by atoms with Crippen LogP contribution in [0, 0.1) is 0 Å². The van der Waals surface area contributed by atoms with Gasteiger partial charge in [0.25, 0.3) is 0 Å². The first-order valence-electron chi connectivity index (χ1n) is 7.07. The molecule has 7 heteroatoms. The SMILES string of the molecule is CCOCCN(CCOCC)c1ccc(/C(N)=N/O)cn1. The molecule has 118 valence electrons. The number of oxime groups is 1. The lowest BCUT2D eigenvalue weighted by Crippen LogP contribution is -2.32. The van der Waals surface area contributed by atoms with Gasteiger partial charge in [-0.25, -0.2) is 4.98 Å². The van der Waals surface area contributed by atoms with Crippen molar-refractivity contribution in [2.75, 3.05) is 44.4 Å². The van der Waals surface area contributed by atoms with E-state index in [2.05, 4.69) is 15.0 Å². The van der Waals surface area contributed by atoms with Gasteiger partial charge in [-0.1, -0.05) is 5.16 Å². The first-order chi connectivity index (χ1) is 10.2. The quantitative estimate of drug-likeness (QED) is 0.220. The third-order valence-corrected chi connectivity index (χ3v) is 2.89. The van der Waals surface area contributed by atoms with Gasteiger partial charge in [0, 0.05) is 38.1 Å². The van der Waals surface area contributed by atoms with Crippen LogP contribution >= 0.6 is 0 Å². The van der Waals surface area contributed by atoms with E-state index in [1.54, 1.807) is 12.3 Å². The van der Waals surface area contributed by atoms with Crippen molar-refractivity contribution in [1.29, 1.82) is 0 Å². The maximum absolute atomic E-state index is 8.64. The Bertz CT molecular complexity index is 413. The van der Waals surface area contributed by atoms with E-state index in [9.17, 15) is 0 Å². The summed E-state index contributed by atoms with van der Waals surface area (Å²) in [6, 6.07) is 3.61. The maximum Gasteiger partial charge on any atom is 0.171 e. The lowest BCUT2D eigenvalue weighted by molar-refractivity contribution is 0.141. The Morgan fingerprint density at radius 3 is 2.29 bits per heavy atom. The summed E-state index contributed by atoms with van der Waals surface area (Å²) >= 11 is 0. The Labute approximate surface area is 125 Å². The van der Waals surface area contributed by atoms with Gasteiger partial charge in [0.2, 0.25) is 0 Å². The summed E-state index contributed by atoms with van der Waals surface area (Å²) in [6.45, 7) is 8.04. The molecular weight excluding hydrogens is 272 g/mol. The van der Waals surface area contributed by atoms with Crippen LogP contribution in [-0.4, -0.2) is 55.5 Å². The van der Waals surface area contributed by atoms with Crippen LogP contribution in [0.1, 0.15) is 19.4 Å². The van der Waals surface area contributed by atoms with Gasteiger partial charge in [0.15, 0.2) is 5.84 Å². The molecule has 1 aromatic rings. The van der Waals surface area contributed by atoms with Crippen LogP contribution in [0.5, 0.6) is 0 Å². The molecule has 3 N–H and O–H groups in total. The number of rotatable bonds is 10. The number of pyridine rings is 1. The van der Waals surface area contributed by atoms with Crippen LogP contribution in [0.15, 0.2) is 23.5 Å². The van der Waals surface area contributed by atoms with E-state index in [0.29, 0.717) is 32.0 Å². The molecule has 0 saturated heterocycles. The molecule has 1 heterocycles. The third kappa shape index (κ3) is 5.97. The van der Waals surface area contributed by atoms with E-state index in [1.165, 1.54) is 0 Å². The molecule has 0 saturated carbocycles. The van der Waals surface area contributed by atoms with Gasteiger partial charge in [0.1, 0.15) is 5.82 Å². The Hall–Kier alpha value is -1.86. The van der Waals surface area contributed by atoms with Gasteiger partial charge in [-0.15, -0.1) is 0 Å². The van der Waals surface area contributed by atoms with Gasteiger partial charge in [-0.2, -0.15) is 0 Å². The summed E-state index contributed by atoms with van der Waals surface area (Å²) in [5.74, 6) is 0.855. The number of ether oxygens (including phenoxy) is 2. The van der Waals surface area contributed by atoms with E-state index < -0.39 is 0 Å². The zero-order valence-corrected chi connectivity index (χ0v) is 12.7. The third-order valence-electron chi connectivity index (χ3n) is 2.89.